The molecule has 1 aromatic carbocycles. The zero-order chi connectivity index (χ0) is 24.0. The molecule has 3 aliphatic rings. The molecule has 3 fully saturated rings. The number of carbonyl (C=O) groups excluding carboxylic acids is 1. The SMILES string of the molecule is C=C[C@H]1CN2CC[C@H]1C[C@H]2[C@H](OC(=O)C(F)(F)C(F)(F)F)c1ccnc2ccc(OC)cc12. The smallest absolute Gasteiger partial charge is 0.465 e. The van der Waals surface area contributed by atoms with Gasteiger partial charge in [0.2, 0.25) is 0 Å². The van der Waals surface area contributed by atoms with Crippen LogP contribution >= 0.6 is 0 Å². The first-order chi connectivity index (χ1) is 15.6. The number of halogens is 5. The monoisotopic (exact) mass is 470 g/mol. The average Bonchev–Trinajstić information content (AvgIpc) is 2.81. The van der Waals surface area contributed by atoms with Crippen molar-refractivity contribution in [1.29, 1.82) is 0 Å². The minimum atomic E-state index is -6.06. The minimum absolute atomic E-state index is 0.171. The molecule has 0 amide bonds. The van der Waals surface area contributed by atoms with E-state index in [1.54, 1.807) is 18.2 Å². The molecular formula is C23H23F5N2O3. The van der Waals surface area contributed by atoms with Crippen LogP contribution in [0.15, 0.2) is 43.1 Å². The summed E-state index contributed by atoms with van der Waals surface area (Å²) in [6, 6.07) is 5.81. The van der Waals surface area contributed by atoms with Crippen molar-refractivity contribution in [3.63, 3.8) is 0 Å². The van der Waals surface area contributed by atoms with Crippen molar-refractivity contribution in [1.82, 2.24) is 9.88 Å². The van der Waals surface area contributed by atoms with E-state index in [0.717, 1.165) is 6.42 Å². The Morgan fingerprint density at radius 1 is 1.27 bits per heavy atom. The van der Waals surface area contributed by atoms with Gasteiger partial charge in [0, 0.05) is 23.7 Å². The first-order valence-corrected chi connectivity index (χ1v) is 10.5. The molecule has 4 heterocycles. The molecule has 0 radical (unpaired) electrons. The summed E-state index contributed by atoms with van der Waals surface area (Å²) in [5.41, 5.74) is 0.773. The van der Waals surface area contributed by atoms with E-state index in [9.17, 15) is 26.7 Å². The third-order valence-corrected chi connectivity index (χ3v) is 6.64. The third kappa shape index (κ3) is 4.16. The lowest BCUT2D eigenvalue weighted by atomic mass is 9.73. The Labute approximate surface area is 187 Å². The van der Waals surface area contributed by atoms with E-state index >= 15 is 0 Å². The molecule has 33 heavy (non-hydrogen) atoms. The van der Waals surface area contributed by atoms with Gasteiger partial charge < -0.3 is 9.47 Å². The lowest BCUT2D eigenvalue weighted by Gasteiger charge is -2.51. The second-order valence-corrected chi connectivity index (χ2v) is 8.43. The molecule has 5 atom stereocenters. The molecule has 2 aromatic rings. The standard InChI is InChI=1S/C23H23F5N2O3/c1-3-13-12-30-9-7-14(13)10-19(30)20(33-21(31)22(24,25)23(26,27)28)16-6-8-29-18-5-4-15(32-2)11-17(16)18/h3-6,8,11,13-14,19-20H,1,7,9-10,12H2,2H3/t13-,14-,19-,20+/m0/s1. The molecule has 3 aliphatic heterocycles. The van der Waals surface area contributed by atoms with Gasteiger partial charge in [0.1, 0.15) is 11.9 Å². The predicted octanol–water partition coefficient (Wildman–Crippen LogP) is 4.92. The Bertz CT molecular complexity index is 1060. The molecule has 0 N–H and O–H groups in total. The predicted molar refractivity (Wildman–Crippen MR) is 110 cm³/mol. The van der Waals surface area contributed by atoms with Gasteiger partial charge in [-0.25, -0.2) is 4.79 Å². The maximum atomic E-state index is 13.8. The Balaban J connectivity index is 1.79. The molecule has 1 unspecified atom stereocenters. The first-order valence-electron chi connectivity index (χ1n) is 10.5. The number of methoxy groups -OCH3 is 1. The molecular weight excluding hydrogens is 447 g/mol. The lowest BCUT2D eigenvalue weighted by molar-refractivity contribution is -0.283. The van der Waals surface area contributed by atoms with E-state index in [1.165, 1.54) is 19.4 Å². The number of esters is 1. The normalized spacial score (nSPS) is 26.1. The van der Waals surface area contributed by atoms with E-state index in [4.69, 9.17) is 9.47 Å². The van der Waals surface area contributed by atoms with E-state index < -0.39 is 30.2 Å². The molecule has 0 spiro atoms. The quantitative estimate of drug-likeness (QED) is 0.341. The molecule has 1 aromatic heterocycles. The molecule has 5 rings (SSSR count). The van der Waals surface area contributed by atoms with Crippen molar-refractivity contribution in [2.24, 2.45) is 11.8 Å². The number of alkyl halides is 5. The van der Waals surface area contributed by atoms with Crippen molar-refractivity contribution in [3.05, 3.63) is 48.7 Å². The number of ether oxygens (including phenoxy) is 2. The van der Waals surface area contributed by atoms with Gasteiger partial charge >= 0.3 is 18.1 Å². The van der Waals surface area contributed by atoms with Crippen molar-refractivity contribution < 1.29 is 36.2 Å². The highest BCUT2D eigenvalue weighted by Gasteiger charge is 2.65. The van der Waals surface area contributed by atoms with Crippen LogP contribution in [0, 0.1) is 11.8 Å². The molecule has 3 saturated heterocycles. The fourth-order valence-electron chi connectivity index (χ4n) is 4.87. The van der Waals surface area contributed by atoms with Crippen molar-refractivity contribution >= 4 is 16.9 Å². The summed E-state index contributed by atoms with van der Waals surface area (Å²) in [5, 5.41) is 0.452. The van der Waals surface area contributed by atoms with Crippen LogP contribution in [0.1, 0.15) is 24.5 Å². The number of carbonyl (C=O) groups is 1. The fraction of sp³-hybridized carbons (Fsp3) is 0.478. The van der Waals surface area contributed by atoms with Crippen LogP contribution in [0.5, 0.6) is 5.75 Å². The van der Waals surface area contributed by atoms with E-state index in [2.05, 4.69) is 11.6 Å². The van der Waals surface area contributed by atoms with Gasteiger partial charge in [-0.2, -0.15) is 22.0 Å². The summed E-state index contributed by atoms with van der Waals surface area (Å²) in [4.78, 5) is 18.4. The van der Waals surface area contributed by atoms with Crippen molar-refractivity contribution in [2.45, 2.75) is 37.1 Å². The van der Waals surface area contributed by atoms with E-state index in [0.29, 0.717) is 41.7 Å². The third-order valence-electron chi connectivity index (χ3n) is 6.64. The number of nitrogens with zero attached hydrogens (tertiary/aromatic N) is 2. The fourth-order valence-corrected chi connectivity index (χ4v) is 4.87. The van der Waals surface area contributed by atoms with Crippen LogP contribution < -0.4 is 4.74 Å². The number of aromatic nitrogens is 1. The molecule has 5 nitrogen and oxygen atoms in total. The average molecular weight is 470 g/mol. The van der Waals surface area contributed by atoms with Gasteiger partial charge in [-0.1, -0.05) is 6.08 Å². The van der Waals surface area contributed by atoms with Gasteiger partial charge in [0.15, 0.2) is 0 Å². The first kappa shape index (κ1) is 23.4. The van der Waals surface area contributed by atoms with Gasteiger partial charge in [-0.15, -0.1) is 6.58 Å². The highest BCUT2D eigenvalue weighted by Crippen LogP contribution is 2.45. The molecule has 2 bridgehead atoms. The van der Waals surface area contributed by atoms with Crippen LogP contribution in [-0.4, -0.2) is 54.2 Å². The maximum Gasteiger partial charge on any atom is 0.465 e. The summed E-state index contributed by atoms with van der Waals surface area (Å²) >= 11 is 0. The second kappa shape index (κ2) is 8.55. The molecule has 178 valence electrons. The van der Waals surface area contributed by atoms with Gasteiger partial charge in [0.05, 0.1) is 18.7 Å². The van der Waals surface area contributed by atoms with Crippen LogP contribution in [0.25, 0.3) is 10.9 Å². The highest BCUT2D eigenvalue weighted by molar-refractivity contribution is 5.85. The van der Waals surface area contributed by atoms with Crippen LogP contribution in [-0.2, 0) is 9.53 Å². The zero-order valence-corrected chi connectivity index (χ0v) is 17.8. The topological polar surface area (TPSA) is 51.7 Å². The number of fused-ring (bicyclic) bond motifs is 4. The van der Waals surface area contributed by atoms with E-state index in [1.807, 2.05) is 11.0 Å². The van der Waals surface area contributed by atoms with Gasteiger partial charge in [-0.3, -0.25) is 9.88 Å². The Morgan fingerprint density at radius 2 is 2.03 bits per heavy atom. The number of hydrogen-bond donors (Lipinski definition) is 0. The lowest BCUT2D eigenvalue weighted by Crippen LogP contribution is -2.56. The minimum Gasteiger partial charge on any atom is -0.497 e. The summed E-state index contributed by atoms with van der Waals surface area (Å²) in [7, 11) is 1.44. The Morgan fingerprint density at radius 3 is 2.64 bits per heavy atom. The molecule has 10 heteroatoms. The summed E-state index contributed by atoms with van der Waals surface area (Å²) < 4.78 is 76.6. The second-order valence-electron chi connectivity index (χ2n) is 8.43. The maximum absolute atomic E-state index is 13.8. The summed E-state index contributed by atoms with van der Waals surface area (Å²) in [6.45, 7) is 5.03. The van der Waals surface area contributed by atoms with E-state index in [-0.39, 0.29) is 11.8 Å². The molecule has 0 saturated carbocycles. The number of piperidine rings is 3. The van der Waals surface area contributed by atoms with Crippen LogP contribution in [0.2, 0.25) is 0 Å². The number of pyridine rings is 1. The van der Waals surface area contributed by atoms with Gasteiger partial charge in [-0.05, 0) is 55.5 Å². The van der Waals surface area contributed by atoms with Crippen LogP contribution in [0.3, 0.4) is 0 Å². The van der Waals surface area contributed by atoms with Crippen molar-refractivity contribution in [2.75, 3.05) is 20.2 Å². The van der Waals surface area contributed by atoms with Gasteiger partial charge in [0.25, 0.3) is 0 Å². The highest BCUT2D eigenvalue weighted by atomic mass is 19.4. The van der Waals surface area contributed by atoms with Crippen molar-refractivity contribution in [3.8, 4) is 5.75 Å². The number of benzene rings is 1. The number of rotatable bonds is 6. The Kier molecular flexibility index (Phi) is 6.07. The largest absolute Gasteiger partial charge is 0.497 e. The zero-order valence-electron chi connectivity index (χ0n) is 17.8. The Hall–Kier alpha value is -2.75. The summed E-state index contributed by atoms with van der Waals surface area (Å²) in [5.74, 6) is -7.45. The molecule has 0 aliphatic carbocycles. The summed E-state index contributed by atoms with van der Waals surface area (Å²) in [6.07, 6.45) is -2.85. The number of hydrogen-bond acceptors (Lipinski definition) is 5. The van der Waals surface area contributed by atoms with Crippen LogP contribution in [0.4, 0.5) is 22.0 Å².